The average molecular weight is 308 g/mol. The van der Waals surface area contributed by atoms with Crippen molar-refractivity contribution in [1.29, 1.82) is 5.26 Å². The summed E-state index contributed by atoms with van der Waals surface area (Å²) in [6.07, 6.45) is 0.321. The second-order valence-electron chi connectivity index (χ2n) is 2.38. The number of halogens is 2. The van der Waals surface area contributed by atoms with Gasteiger partial charge in [-0.05, 0) is 34.7 Å². The molecule has 68 valence electrons. The molecule has 1 aromatic rings. The second-order valence-corrected chi connectivity index (χ2v) is 3.86. The van der Waals surface area contributed by atoms with E-state index in [4.69, 9.17) is 21.6 Å². The average Bonchev–Trinajstić information content (AvgIpc) is 2.14. The van der Waals surface area contributed by atoms with Gasteiger partial charge in [0.25, 0.3) is 0 Å². The minimum Gasteiger partial charge on any atom is -0.496 e. The predicted octanol–water partition coefficient (Wildman–Crippen LogP) is 3.02. The second kappa shape index (κ2) is 4.68. The van der Waals surface area contributed by atoms with Gasteiger partial charge in [0.05, 0.1) is 24.6 Å². The summed E-state index contributed by atoms with van der Waals surface area (Å²) in [6.45, 7) is 0. The number of nitrogens with zero attached hydrogens (tertiary/aromatic N) is 1. The maximum Gasteiger partial charge on any atom is 0.124 e. The minimum atomic E-state index is 0.321. The van der Waals surface area contributed by atoms with Crippen molar-refractivity contribution in [3.8, 4) is 11.8 Å². The van der Waals surface area contributed by atoms with Gasteiger partial charge in [-0.1, -0.05) is 11.6 Å². The van der Waals surface area contributed by atoms with Gasteiger partial charge in [0, 0.05) is 9.13 Å². The molecule has 0 heterocycles. The van der Waals surface area contributed by atoms with Crippen molar-refractivity contribution in [2.75, 3.05) is 7.11 Å². The molecule has 0 aliphatic rings. The highest BCUT2D eigenvalue weighted by Crippen LogP contribution is 2.30. The molecule has 4 heteroatoms. The van der Waals surface area contributed by atoms with Gasteiger partial charge in [-0.15, -0.1) is 0 Å². The molecule has 0 bridgehead atoms. The van der Waals surface area contributed by atoms with Gasteiger partial charge in [0.15, 0.2) is 0 Å². The molecule has 0 N–H and O–H groups in total. The zero-order valence-corrected chi connectivity index (χ0v) is 9.89. The number of hydrogen-bond acceptors (Lipinski definition) is 2. The van der Waals surface area contributed by atoms with E-state index in [-0.39, 0.29) is 0 Å². The number of methoxy groups -OCH3 is 1. The number of rotatable bonds is 2. The van der Waals surface area contributed by atoms with Crippen LogP contribution in [0, 0.1) is 14.9 Å². The largest absolute Gasteiger partial charge is 0.496 e. The zero-order valence-electron chi connectivity index (χ0n) is 6.97. The summed E-state index contributed by atoms with van der Waals surface area (Å²) in [4.78, 5) is 0. The molecule has 1 aromatic carbocycles. The molecule has 0 atom stereocenters. The maximum absolute atomic E-state index is 8.60. The van der Waals surface area contributed by atoms with E-state index in [0.717, 1.165) is 14.9 Å². The van der Waals surface area contributed by atoms with E-state index in [1.54, 1.807) is 19.2 Å². The third-order valence-corrected chi connectivity index (χ3v) is 3.49. The quantitative estimate of drug-likeness (QED) is 0.787. The summed E-state index contributed by atoms with van der Waals surface area (Å²) in [5.74, 6) is 0.718. The fraction of sp³-hybridized carbons (Fsp3) is 0.222. The molecule has 1 rings (SSSR count). The van der Waals surface area contributed by atoms with Crippen molar-refractivity contribution in [3.63, 3.8) is 0 Å². The first-order valence-electron chi connectivity index (χ1n) is 3.58. The number of nitriles is 1. The van der Waals surface area contributed by atoms with Crippen molar-refractivity contribution < 1.29 is 4.74 Å². The topological polar surface area (TPSA) is 33.0 Å². The van der Waals surface area contributed by atoms with Gasteiger partial charge in [-0.25, -0.2) is 0 Å². The highest BCUT2D eigenvalue weighted by molar-refractivity contribution is 14.1. The van der Waals surface area contributed by atoms with Crippen LogP contribution in [-0.4, -0.2) is 7.11 Å². The lowest BCUT2D eigenvalue weighted by Crippen LogP contribution is -1.94. The minimum absolute atomic E-state index is 0.321. The van der Waals surface area contributed by atoms with E-state index in [2.05, 4.69) is 28.7 Å². The molecule has 13 heavy (non-hydrogen) atoms. The van der Waals surface area contributed by atoms with Crippen LogP contribution < -0.4 is 4.74 Å². The van der Waals surface area contributed by atoms with E-state index in [9.17, 15) is 0 Å². The Morgan fingerprint density at radius 1 is 1.62 bits per heavy atom. The Kier molecular flexibility index (Phi) is 3.82. The van der Waals surface area contributed by atoms with E-state index < -0.39 is 0 Å². The third-order valence-electron chi connectivity index (χ3n) is 1.63. The smallest absolute Gasteiger partial charge is 0.124 e. The highest BCUT2D eigenvalue weighted by Gasteiger charge is 2.09. The Morgan fingerprint density at radius 2 is 2.31 bits per heavy atom. The molecule has 0 unspecified atom stereocenters. The van der Waals surface area contributed by atoms with Gasteiger partial charge in [-0.2, -0.15) is 5.26 Å². The number of ether oxygens (including phenoxy) is 1. The lowest BCUT2D eigenvalue weighted by atomic mass is 10.1. The molecular weight excluding hydrogens is 300 g/mol. The van der Waals surface area contributed by atoms with Gasteiger partial charge in [0.1, 0.15) is 5.75 Å². The van der Waals surface area contributed by atoms with Gasteiger partial charge < -0.3 is 4.74 Å². The Morgan fingerprint density at radius 3 is 2.85 bits per heavy atom. The van der Waals surface area contributed by atoms with Crippen LogP contribution in [0.4, 0.5) is 0 Å². The Labute approximate surface area is 95.6 Å². The molecular formula is C9H7ClINO. The van der Waals surface area contributed by atoms with Crippen molar-refractivity contribution in [1.82, 2.24) is 0 Å². The lowest BCUT2D eigenvalue weighted by Gasteiger charge is -2.08. The van der Waals surface area contributed by atoms with Crippen LogP contribution in [0.15, 0.2) is 12.1 Å². The first-order valence-corrected chi connectivity index (χ1v) is 5.04. The van der Waals surface area contributed by atoms with E-state index in [1.165, 1.54) is 0 Å². The standard InChI is InChI=1S/C9H7ClINO/c1-13-8-3-2-7(10)9(11)6(8)4-5-12/h2-3H,4H2,1H3. The predicted molar refractivity (Wildman–Crippen MR) is 60.0 cm³/mol. The molecule has 0 aliphatic carbocycles. The van der Waals surface area contributed by atoms with Gasteiger partial charge in [-0.3, -0.25) is 0 Å². The van der Waals surface area contributed by atoms with Crippen molar-refractivity contribution in [2.45, 2.75) is 6.42 Å². The monoisotopic (exact) mass is 307 g/mol. The Balaban J connectivity index is 3.25. The van der Waals surface area contributed by atoms with Crippen LogP contribution >= 0.6 is 34.2 Å². The molecule has 0 saturated heterocycles. The Bertz CT molecular complexity index is 359. The molecule has 0 spiro atoms. The van der Waals surface area contributed by atoms with Crippen molar-refractivity contribution in [3.05, 3.63) is 26.3 Å². The molecule has 0 amide bonds. The molecule has 0 aliphatic heterocycles. The van der Waals surface area contributed by atoms with Crippen molar-refractivity contribution >= 4 is 34.2 Å². The Hall–Kier alpha value is -0.470. The SMILES string of the molecule is COc1ccc(Cl)c(I)c1CC#N. The lowest BCUT2D eigenvalue weighted by molar-refractivity contribution is 0.410. The number of hydrogen-bond donors (Lipinski definition) is 0. The van der Waals surface area contributed by atoms with Gasteiger partial charge >= 0.3 is 0 Å². The summed E-state index contributed by atoms with van der Waals surface area (Å²) in [7, 11) is 1.58. The zero-order chi connectivity index (χ0) is 9.84. The van der Waals surface area contributed by atoms with Crippen LogP contribution in [0.3, 0.4) is 0 Å². The van der Waals surface area contributed by atoms with Crippen LogP contribution in [0.25, 0.3) is 0 Å². The summed E-state index contributed by atoms with van der Waals surface area (Å²) in [6, 6.07) is 5.63. The molecule has 2 nitrogen and oxygen atoms in total. The van der Waals surface area contributed by atoms with Gasteiger partial charge in [0.2, 0.25) is 0 Å². The summed E-state index contributed by atoms with van der Waals surface area (Å²) < 4.78 is 6.01. The summed E-state index contributed by atoms with van der Waals surface area (Å²) >= 11 is 8.02. The van der Waals surface area contributed by atoms with Crippen LogP contribution in [0.1, 0.15) is 5.56 Å². The third kappa shape index (κ3) is 2.26. The van der Waals surface area contributed by atoms with E-state index >= 15 is 0 Å². The normalized spacial score (nSPS) is 9.38. The fourth-order valence-corrected chi connectivity index (χ4v) is 1.82. The van der Waals surface area contributed by atoms with E-state index in [1.807, 2.05) is 0 Å². The van der Waals surface area contributed by atoms with E-state index in [0.29, 0.717) is 11.4 Å². The molecule has 0 fully saturated rings. The van der Waals surface area contributed by atoms with Crippen molar-refractivity contribution in [2.24, 2.45) is 0 Å². The summed E-state index contributed by atoms with van der Waals surface area (Å²) in [5.41, 5.74) is 0.859. The fourth-order valence-electron chi connectivity index (χ4n) is 1.01. The number of benzene rings is 1. The highest BCUT2D eigenvalue weighted by atomic mass is 127. The molecule has 0 aromatic heterocycles. The summed E-state index contributed by atoms with van der Waals surface area (Å²) in [5, 5.41) is 9.26. The molecule has 0 saturated carbocycles. The van der Waals surface area contributed by atoms with Crippen LogP contribution in [0.2, 0.25) is 5.02 Å². The van der Waals surface area contributed by atoms with Crippen LogP contribution in [-0.2, 0) is 6.42 Å². The molecule has 0 radical (unpaired) electrons. The maximum atomic E-state index is 8.60. The first kappa shape index (κ1) is 10.6. The first-order chi connectivity index (χ1) is 6.20. The van der Waals surface area contributed by atoms with Crippen LogP contribution in [0.5, 0.6) is 5.75 Å².